The fourth-order valence-electron chi connectivity index (χ4n) is 2.59. The summed E-state index contributed by atoms with van der Waals surface area (Å²) in [6.07, 6.45) is 1.18. The summed E-state index contributed by atoms with van der Waals surface area (Å²) < 4.78 is 0. The van der Waals surface area contributed by atoms with E-state index in [0.717, 1.165) is 0 Å². The SMILES string of the molecule is CCON1CCC(C#N)(NC(=O)Cc2ccc(Cl)cc2Cl)CC1. The highest BCUT2D eigenvalue weighted by atomic mass is 35.5. The van der Waals surface area contributed by atoms with Gasteiger partial charge < -0.3 is 5.32 Å². The fraction of sp³-hybridized carbons (Fsp3) is 0.500. The maximum Gasteiger partial charge on any atom is 0.225 e. The van der Waals surface area contributed by atoms with Crippen molar-refractivity contribution in [2.45, 2.75) is 31.7 Å². The Kier molecular flexibility index (Phi) is 6.25. The number of benzene rings is 1. The molecule has 1 aromatic rings. The molecule has 1 aliphatic heterocycles. The Morgan fingerprint density at radius 3 is 2.70 bits per heavy atom. The molecule has 23 heavy (non-hydrogen) atoms. The molecule has 0 bridgehead atoms. The van der Waals surface area contributed by atoms with Crippen LogP contribution >= 0.6 is 23.2 Å². The molecule has 0 spiro atoms. The van der Waals surface area contributed by atoms with Crippen LogP contribution < -0.4 is 5.32 Å². The average molecular weight is 356 g/mol. The largest absolute Gasteiger partial charge is 0.337 e. The summed E-state index contributed by atoms with van der Waals surface area (Å²) in [4.78, 5) is 17.7. The van der Waals surface area contributed by atoms with Gasteiger partial charge in [0.1, 0.15) is 5.54 Å². The zero-order valence-corrected chi connectivity index (χ0v) is 14.5. The molecule has 1 N–H and O–H groups in total. The molecule has 0 atom stereocenters. The molecule has 124 valence electrons. The molecule has 1 heterocycles. The highest BCUT2D eigenvalue weighted by Gasteiger charge is 2.36. The van der Waals surface area contributed by atoms with Crippen molar-refractivity contribution in [3.05, 3.63) is 33.8 Å². The Bertz CT molecular complexity index is 608. The number of hydrogen-bond donors (Lipinski definition) is 1. The number of carbonyl (C=O) groups is 1. The van der Waals surface area contributed by atoms with Gasteiger partial charge in [0.15, 0.2) is 0 Å². The predicted octanol–water partition coefficient (Wildman–Crippen LogP) is 2.96. The van der Waals surface area contributed by atoms with Crippen molar-refractivity contribution in [3.8, 4) is 6.07 Å². The highest BCUT2D eigenvalue weighted by Crippen LogP contribution is 2.24. The number of piperidine rings is 1. The van der Waals surface area contributed by atoms with E-state index in [2.05, 4.69) is 11.4 Å². The molecule has 1 aromatic carbocycles. The van der Waals surface area contributed by atoms with Crippen LogP contribution in [-0.4, -0.2) is 36.2 Å². The highest BCUT2D eigenvalue weighted by molar-refractivity contribution is 6.35. The Morgan fingerprint density at radius 2 is 2.13 bits per heavy atom. The number of hydroxylamine groups is 2. The lowest BCUT2D eigenvalue weighted by molar-refractivity contribution is -0.171. The van der Waals surface area contributed by atoms with Crippen LogP contribution in [-0.2, 0) is 16.1 Å². The van der Waals surface area contributed by atoms with Crippen LogP contribution in [0.3, 0.4) is 0 Å². The van der Waals surface area contributed by atoms with Gasteiger partial charge in [-0.3, -0.25) is 9.63 Å². The second kappa shape index (κ2) is 7.98. The number of amides is 1. The monoisotopic (exact) mass is 355 g/mol. The van der Waals surface area contributed by atoms with Gasteiger partial charge in [-0.25, -0.2) is 0 Å². The summed E-state index contributed by atoms with van der Waals surface area (Å²) in [6, 6.07) is 7.27. The molecule has 1 fully saturated rings. The van der Waals surface area contributed by atoms with Gasteiger partial charge in [-0.1, -0.05) is 29.3 Å². The molecule has 0 saturated carbocycles. The van der Waals surface area contributed by atoms with E-state index < -0.39 is 5.54 Å². The molecule has 2 rings (SSSR count). The van der Waals surface area contributed by atoms with Gasteiger partial charge in [-0.2, -0.15) is 10.3 Å². The summed E-state index contributed by atoms with van der Waals surface area (Å²) in [6.45, 7) is 3.75. The quantitative estimate of drug-likeness (QED) is 0.881. The number of halogens is 2. The van der Waals surface area contributed by atoms with Crippen molar-refractivity contribution < 1.29 is 9.63 Å². The van der Waals surface area contributed by atoms with Crippen molar-refractivity contribution in [2.24, 2.45) is 0 Å². The second-order valence-electron chi connectivity index (χ2n) is 5.50. The van der Waals surface area contributed by atoms with E-state index in [1.807, 2.05) is 12.0 Å². The van der Waals surface area contributed by atoms with Crippen LogP contribution in [0.4, 0.5) is 0 Å². The summed E-state index contributed by atoms with van der Waals surface area (Å²) in [5, 5.41) is 15.2. The van der Waals surface area contributed by atoms with Crippen LogP contribution in [0.5, 0.6) is 0 Å². The van der Waals surface area contributed by atoms with E-state index in [4.69, 9.17) is 28.0 Å². The lowest BCUT2D eigenvalue weighted by Crippen LogP contribution is -2.54. The summed E-state index contributed by atoms with van der Waals surface area (Å²) in [7, 11) is 0. The van der Waals surface area contributed by atoms with Crippen LogP contribution in [0, 0.1) is 11.3 Å². The topological polar surface area (TPSA) is 65.4 Å². The summed E-state index contributed by atoms with van der Waals surface area (Å²) in [5.41, 5.74) is -0.155. The van der Waals surface area contributed by atoms with E-state index in [0.29, 0.717) is 48.1 Å². The minimum Gasteiger partial charge on any atom is -0.337 e. The molecule has 0 aromatic heterocycles. The number of nitrogens with zero attached hydrogens (tertiary/aromatic N) is 2. The lowest BCUT2D eigenvalue weighted by Gasteiger charge is -2.36. The standard InChI is InChI=1S/C16H19Cl2N3O2/c1-2-23-21-7-5-16(11-19,6-8-21)20-15(22)9-12-3-4-13(17)10-14(12)18/h3-4,10H,2,5-9H2,1H3,(H,20,22). The van der Waals surface area contributed by atoms with Crippen molar-refractivity contribution in [3.63, 3.8) is 0 Å². The molecule has 1 aliphatic rings. The third kappa shape index (κ3) is 4.82. The minimum atomic E-state index is -0.844. The third-order valence-electron chi connectivity index (χ3n) is 3.85. The first kappa shape index (κ1) is 18.0. The smallest absolute Gasteiger partial charge is 0.225 e. The lowest BCUT2D eigenvalue weighted by atomic mass is 9.89. The third-order valence-corrected chi connectivity index (χ3v) is 4.43. The van der Waals surface area contributed by atoms with Crippen molar-refractivity contribution >= 4 is 29.1 Å². The Balaban J connectivity index is 1.97. The predicted molar refractivity (Wildman–Crippen MR) is 89.1 cm³/mol. The molecule has 1 amide bonds. The van der Waals surface area contributed by atoms with E-state index in [-0.39, 0.29) is 12.3 Å². The van der Waals surface area contributed by atoms with Crippen LogP contribution in [0.25, 0.3) is 0 Å². The molecule has 0 unspecified atom stereocenters. The van der Waals surface area contributed by atoms with Crippen LogP contribution in [0.2, 0.25) is 10.0 Å². The Hall–Kier alpha value is -1.32. The Morgan fingerprint density at radius 1 is 1.43 bits per heavy atom. The summed E-state index contributed by atoms with van der Waals surface area (Å²) >= 11 is 11.9. The van der Waals surface area contributed by atoms with Gasteiger partial charge in [0, 0.05) is 23.1 Å². The van der Waals surface area contributed by atoms with Gasteiger partial charge in [-0.05, 0) is 37.5 Å². The first-order chi connectivity index (χ1) is 11.0. The second-order valence-corrected chi connectivity index (χ2v) is 6.35. The van der Waals surface area contributed by atoms with Gasteiger partial charge in [-0.15, -0.1) is 0 Å². The van der Waals surface area contributed by atoms with Crippen molar-refractivity contribution in [2.75, 3.05) is 19.7 Å². The van der Waals surface area contributed by atoms with Crippen LogP contribution in [0.15, 0.2) is 18.2 Å². The van der Waals surface area contributed by atoms with Gasteiger partial charge in [0.2, 0.25) is 5.91 Å². The van der Waals surface area contributed by atoms with Gasteiger partial charge in [0.25, 0.3) is 0 Å². The number of nitrogens with one attached hydrogen (secondary N) is 1. The van der Waals surface area contributed by atoms with E-state index in [1.54, 1.807) is 18.2 Å². The number of nitriles is 1. The normalized spacial score (nSPS) is 17.5. The average Bonchev–Trinajstić information content (AvgIpc) is 2.52. The summed E-state index contributed by atoms with van der Waals surface area (Å²) in [5.74, 6) is -0.222. The van der Waals surface area contributed by atoms with Gasteiger partial charge >= 0.3 is 0 Å². The van der Waals surface area contributed by atoms with E-state index >= 15 is 0 Å². The number of hydrogen-bond acceptors (Lipinski definition) is 4. The molecular formula is C16H19Cl2N3O2. The molecule has 1 saturated heterocycles. The first-order valence-electron chi connectivity index (χ1n) is 7.52. The molecule has 0 radical (unpaired) electrons. The minimum absolute atomic E-state index is 0.120. The zero-order chi connectivity index (χ0) is 16.9. The molecule has 7 heteroatoms. The Labute approximate surface area is 146 Å². The van der Waals surface area contributed by atoms with E-state index in [1.165, 1.54) is 0 Å². The fourth-order valence-corrected chi connectivity index (χ4v) is 3.07. The number of carbonyl (C=O) groups excluding carboxylic acids is 1. The van der Waals surface area contributed by atoms with E-state index in [9.17, 15) is 10.1 Å². The molecule has 0 aliphatic carbocycles. The molecule has 5 nitrogen and oxygen atoms in total. The first-order valence-corrected chi connectivity index (χ1v) is 8.27. The zero-order valence-electron chi connectivity index (χ0n) is 12.9. The maximum atomic E-state index is 12.3. The number of rotatable bonds is 5. The van der Waals surface area contributed by atoms with Crippen molar-refractivity contribution in [1.82, 2.24) is 10.4 Å². The van der Waals surface area contributed by atoms with Crippen molar-refractivity contribution in [1.29, 1.82) is 5.26 Å². The molecular weight excluding hydrogens is 337 g/mol. The maximum absolute atomic E-state index is 12.3. The van der Waals surface area contributed by atoms with Crippen LogP contribution in [0.1, 0.15) is 25.3 Å². The van der Waals surface area contributed by atoms with Gasteiger partial charge in [0.05, 0.1) is 19.1 Å².